The van der Waals surface area contributed by atoms with E-state index >= 15 is 0 Å². The Bertz CT molecular complexity index is 570. The second-order valence-corrected chi connectivity index (χ2v) is 4.68. The van der Waals surface area contributed by atoms with Crippen molar-refractivity contribution in [3.8, 4) is 0 Å². The number of aliphatic hydroxyl groups is 1. The van der Waals surface area contributed by atoms with E-state index in [9.17, 15) is 5.11 Å². The molecule has 0 saturated carbocycles. The Morgan fingerprint density at radius 3 is 2.50 bits per heavy atom. The molecule has 18 heavy (non-hydrogen) atoms. The molecule has 1 aromatic carbocycles. The highest BCUT2D eigenvalue weighted by molar-refractivity contribution is 5.97. The van der Waals surface area contributed by atoms with Gasteiger partial charge in [0.25, 0.3) is 0 Å². The summed E-state index contributed by atoms with van der Waals surface area (Å²) in [7, 11) is 0. The Balaban J connectivity index is 2.89. The average Bonchev–Trinajstić information content (AvgIpc) is 2.65. The number of aryl methyl sites for hydroxylation is 2. The van der Waals surface area contributed by atoms with Crippen LogP contribution in [-0.2, 0) is 19.4 Å². The van der Waals surface area contributed by atoms with Crippen LogP contribution in [0.5, 0.6) is 0 Å². The molecule has 0 saturated heterocycles. The van der Waals surface area contributed by atoms with Crippen LogP contribution in [0.15, 0.2) is 12.1 Å². The maximum absolute atomic E-state index is 9.27. The van der Waals surface area contributed by atoms with Gasteiger partial charge >= 0.3 is 0 Å². The molecule has 3 N–H and O–H groups in total. The minimum Gasteiger partial charge on any atom is -0.398 e. The molecule has 3 nitrogen and oxygen atoms in total. The van der Waals surface area contributed by atoms with Crippen molar-refractivity contribution < 1.29 is 5.11 Å². The largest absolute Gasteiger partial charge is 0.398 e. The Morgan fingerprint density at radius 1 is 1.22 bits per heavy atom. The zero-order valence-corrected chi connectivity index (χ0v) is 11.5. The van der Waals surface area contributed by atoms with Gasteiger partial charge in [0.1, 0.15) is 0 Å². The first-order valence-corrected chi connectivity index (χ1v) is 6.65. The normalized spacial score (nSPS) is 11.3. The lowest BCUT2D eigenvalue weighted by atomic mass is 10.0. The van der Waals surface area contributed by atoms with Crippen molar-refractivity contribution in [2.75, 3.05) is 12.3 Å². The van der Waals surface area contributed by atoms with E-state index < -0.39 is 0 Å². The SMILES string of the molecule is CCc1c(C)n(CCO)c2c(CC)ccc(N)c12. The monoisotopic (exact) mass is 246 g/mol. The van der Waals surface area contributed by atoms with Crippen LogP contribution in [0.4, 0.5) is 5.69 Å². The fourth-order valence-electron chi connectivity index (χ4n) is 2.88. The molecule has 0 aliphatic heterocycles. The third kappa shape index (κ3) is 1.79. The maximum atomic E-state index is 9.27. The quantitative estimate of drug-likeness (QED) is 0.815. The van der Waals surface area contributed by atoms with Crippen molar-refractivity contribution in [2.45, 2.75) is 40.2 Å². The molecule has 0 spiro atoms. The molecule has 0 fully saturated rings. The van der Waals surface area contributed by atoms with Crippen molar-refractivity contribution >= 4 is 16.6 Å². The predicted molar refractivity (Wildman–Crippen MR) is 76.9 cm³/mol. The molecule has 1 heterocycles. The molecule has 0 atom stereocenters. The first kappa shape index (κ1) is 13.0. The van der Waals surface area contributed by atoms with E-state index in [1.54, 1.807) is 0 Å². The fraction of sp³-hybridized carbons (Fsp3) is 0.467. The summed E-state index contributed by atoms with van der Waals surface area (Å²) in [5, 5.41) is 10.4. The summed E-state index contributed by atoms with van der Waals surface area (Å²) in [4.78, 5) is 0. The minimum absolute atomic E-state index is 0.158. The van der Waals surface area contributed by atoms with Crippen molar-refractivity contribution in [2.24, 2.45) is 0 Å². The third-order valence-electron chi connectivity index (χ3n) is 3.77. The number of hydrogen-bond donors (Lipinski definition) is 2. The Labute approximate surface area is 108 Å². The van der Waals surface area contributed by atoms with Crippen LogP contribution < -0.4 is 5.73 Å². The number of anilines is 1. The standard InChI is InChI=1S/C15H22N2O/c1-4-11-6-7-13(16)14-12(5-2)10(3)17(8-9-18)15(11)14/h6-7,18H,4-5,8-9,16H2,1-3H3. The molecule has 3 heteroatoms. The Kier molecular flexibility index (Phi) is 3.62. The van der Waals surface area contributed by atoms with Crippen LogP contribution in [0.1, 0.15) is 30.7 Å². The number of benzene rings is 1. The maximum Gasteiger partial charge on any atom is 0.0610 e. The highest BCUT2D eigenvalue weighted by atomic mass is 16.3. The average molecular weight is 246 g/mol. The van der Waals surface area contributed by atoms with Gasteiger partial charge in [-0.25, -0.2) is 0 Å². The van der Waals surface area contributed by atoms with Gasteiger partial charge in [-0.3, -0.25) is 0 Å². The second kappa shape index (κ2) is 5.02. The fourth-order valence-corrected chi connectivity index (χ4v) is 2.88. The number of aliphatic hydroxyl groups excluding tert-OH is 1. The van der Waals surface area contributed by atoms with Gasteiger partial charge in [-0.15, -0.1) is 0 Å². The summed E-state index contributed by atoms with van der Waals surface area (Å²) >= 11 is 0. The summed E-state index contributed by atoms with van der Waals surface area (Å²) in [6, 6.07) is 4.10. The molecule has 0 radical (unpaired) electrons. The van der Waals surface area contributed by atoms with Crippen molar-refractivity contribution in [1.82, 2.24) is 4.57 Å². The van der Waals surface area contributed by atoms with E-state index in [4.69, 9.17) is 5.73 Å². The molecule has 0 bridgehead atoms. The van der Waals surface area contributed by atoms with Crippen LogP contribution >= 0.6 is 0 Å². The van der Waals surface area contributed by atoms with Crippen LogP contribution in [-0.4, -0.2) is 16.3 Å². The van der Waals surface area contributed by atoms with E-state index in [1.165, 1.54) is 27.7 Å². The van der Waals surface area contributed by atoms with E-state index in [-0.39, 0.29) is 6.61 Å². The first-order valence-electron chi connectivity index (χ1n) is 6.65. The number of fused-ring (bicyclic) bond motifs is 1. The molecule has 0 amide bonds. The van der Waals surface area contributed by atoms with E-state index in [2.05, 4.69) is 31.4 Å². The zero-order chi connectivity index (χ0) is 13.3. The molecule has 98 valence electrons. The lowest BCUT2D eigenvalue weighted by Gasteiger charge is -2.10. The number of nitrogen functional groups attached to an aromatic ring is 1. The number of nitrogens with two attached hydrogens (primary N) is 1. The summed E-state index contributed by atoms with van der Waals surface area (Å²) in [5.74, 6) is 0. The molecule has 0 unspecified atom stereocenters. The zero-order valence-electron chi connectivity index (χ0n) is 11.5. The summed E-state index contributed by atoms with van der Waals surface area (Å²) < 4.78 is 2.21. The van der Waals surface area contributed by atoms with Crippen LogP contribution in [0.25, 0.3) is 10.9 Å². The number of nitrogens with zero attached hydrogens (tertiary/aromatic N) is 1. The smallest absolute Gasteiger partial charge is 0.0610 e. The highest BCUT2D eigenvalue weighted by Gasteiger charge is 2.17. The molecular formula is C15H22N2O. The highest BCUT2D eigenvalue weighted by Crippen LogP contribution is 2.33. The van der Waals surface area contributed by atoms with Gasteiger partial charge in [0.05, 0.1) is 12.1 Å². The predicted octanol–water partition coefficient (Wildman–Crippen LogP) is 2.65. The van der Waals surface area contributed by atoms with Crippen molar-refractivity contribution in [3.05, 3.63) is 29.0 Å². The van der Waals surface area contributed by atoms with Gasteiger partial charge in [0.15, 0.2) is 0 Å². The molecule has 2 rings (SSSR count). The van der Waals surface area contributed by atoms with E-state index in [1.807, 2.05) is 6.07 Å². The molecule has 1 aromatic heterocycles. The van der Waals surface area contributed by atoms with E-state index in [0.29, 0.717) is 6.54 Å². The van der Waals surface area contributed by atoms with Crippen molar-refractivity contribution in [1.29, 1.82) is 0 Å². The third-order valence-corrected chi connectivity index (χ3v) is 3.77. The molecule has 0 aliphatic rings. The van der Waals surface area contributed by atoms with Gasteiger partial charge in [-0.2, -0.15) is 0 Å². The minimum atomic E-state index is 0.158. The van der Waals surface area contributed by atoms with Gasteiger partial charge < -0.3 is 15.4 Å². The van der Waals surface area contributed by atoms with Crippen LogP contribution in [0.3, 0.4) is 0 Å². The summed E-state index contributed by atoms with van der Waals surface area (Å²) in [5.41, 5.74) is 12.1. The second-order valence-electron chi connectivity index (χ2n) is 4.68. The first-order chi connectivity index (χ1) is 8.65. The number of hydrogen-bond acceptors (Lipinski definition) is 2. The van der Waals surface area contributed by atoms with Gasteiger partial charge in [0, 0.05) is 23.3 Å². The Morgan fingerprint density at radius 2 is 1.94 bits per heavy atom. The van der Waals surface area contributed by atoms with Crippen LogP contribution in [0.2, 0.25) is 0 Å². The lowest BCUT2D eigenvalue weighted by molar-refractivity contribution is 0.277. The van der Waals surface area contributed by atoms with Gasteiger partial charge in [-0.05, 0) is 37.0 Å². The summed E-state index contributed by atoms with van der Waals surface area (Å²) in [6.45, 7) is 7.23. The van der Waals surface area contributed by atoms with Crippen molar-refractivity contribution in [3.63, 3.8) is 0 Å². The Hall–Kier alpha value is -1.48. The number of aromatic nitrogens is 1. The molecular weight excluding hydrogens is 224 g/mol. The van der Waals surface area contributed by atoms with Gasteiger partial charge in [-0.1, -0.05) is 19.9 Å². The number of rotatable bonds is 4. The molecule has 2 aromatic rings. The topological polar surface area (TPSA) is 51.2 Å². The van der Waals surface area contributed by atoms with Crippen LogP contribution in [0, 0.1) is 6.92 Å². The summed E-state index contributed by atoms with van der Waals surface area (Å²) in [6.07, 6.45) is 1.95. The molecule has 0 aliphatic carbocycles. The van der Waals surface area contributed by atoms with Gasteiger partial charge in [0.2, 0.25) is 0 Å². The van der Waals surface area contributed by atoms with E-state index in [0.717, 1.165) is 18.5 Å². The lowest BCUT2D eigenvalue weighted by Crippen LogP contribution is -2.05.